The summed E-state index contributed by atoms with van der Waals surface area (Å²) in [5.74, 6) is 0.371. The van der Waals surface area contributed by atoms with E-state index in [1.54, 1.807) is 18.2 Å². The number of amides is 1. The number of halogens is 3. The summed E-state index contributed by atoms with van der Waals surface area (Å²) in [6, 6.07) is 12.7. The number of alkyl halides is 3. The lowest BCUT2D eigenvalue weighted by Crippen LogP contribution is -2.42. The Morgan fingerprint density at radius 2 is 1.91 bits per heavy atom. The highest BCUT2D eigenvalue weighted by Gasteiger charge is 2.31. The summed E-state index contributed by atoms with van der Waals surface area (Å²) in [6.07, 6.45) is -5.02. The van der Waals surface area contributed by atoms with Gasteiger partial charge in [0.2, 0.25) is 5.43 Å². The van der Waals surface area contributed by atoms with Crippen LogP contribution in [0.2, 0.25) is 0 Å². The minimum Gasteiger partial charge on any atom is -0.486 e. The number of nitrogens with one attached hydrogen (secondary N) is 1. The number of benzene rings is 2. The second kappa shape index (κ2) is 8.37. The summed E-state index contributed by atoms with van der Waals surface area (Å²) in [6.45, 7) is 1.76. The van der Waals surface area contributed by atoms with Crippen molar-refractivity contribution in [2.45, 2.75) is 19.2 Å². The van der Waals surface area contributed by atoms with Gasteiger partial charge in [0.25, 0.3) is 5.91 Å². The minimum absolute atomic E-state index is 0.0473. The average molecular weight is 445 g/mol. The summed E-state index contributed by atoms with van der Waals surface area (Å²) in [4.78, 5) is 24.9. The van der Waals surface area contributed by atoms with Crippen molar-refractivity contribution in [2.24, 2.45) is 0 Å². The van der Waals surface area contributed by atoms with Gasteiger partial charge >= 0.3 is 6.18 Å². The Hall–Kier alpha value is -3.82. The van der Waals surface area contributed by atoms with E-state index < -0.39 is 34.9 Å². The highest BCUT2D eigenvalue weighted by molar-refractivity contribution is 5.92. The Labute approximate surface area is 180 Å². The normalized spacial score (nSPS) is 15.3. The van der Waals surface area contributed by atoms with Crippen LogP contribution >= 0.6 is 0 Å². The van der Waals surface area contributed by atoms with Crippen molar-refractivity contribution in [1.82, 2.24) is 15.1 Å². The first kappa shape index (κ1) is 21.4. The molecule has 0 fully saturated rings. The van der Waals surface area contributed by atoms with Gasteiger partial charge in [-0.1, -0.05) is 18.2 Å². The molecule has 32 heavy (non-hydrogen) atoms. The molecular weight excluding hydrogens is 427 g/mol. The fourth-order valence-electron chi connectivity index (χ4n) is 3.23. The zero-order chi connectivity index (χ0) is 22.9. The quantitative estimate of drug-likeness (QED) is 0.667. The van der Waals surface area contributed by atoms with Crippen molar-refractivity contribution in [1.29, 1.82) is 0 Å². The Bertz CT molecular complexity index is 1220. The van der Waals surface area contributed by atoms with Crippen LogP contribution in [0.25, 0.3) is 5.69 Å². The number of ether oxygens (including phenoxy) is 2. The molecule has 0 saturated carbocycles. The van der Waals surface area contributed by atoms with E-state index in [0.29, 0.717) is 11.5 Å². The molecule has 1 amide bonds. The van der Waals surface area contributed by atoms with Gasteiger partial charge in [0.15, 0.2) is 17.2 Å². The van der Waals surface area contributed by atoms with E-state index in [4.69, 9.17) is 9.47 Å². The molecule has 2 aromatic carbocycles. The van der Waals surface area contributed by atoms with Gasteiger partial charge in [-0.25, -0.2) is 4.68 Å². The number of rotatable bonds is 4. The van der Waals surface area contributed by atoms with E-state index in [1.807, 2.05) is 6.07 Å². The van der Waals surface area contributed by atoms with Gasteiger partial charge in [-0.05, 0) is 37.3 Å². The summed E-state index contributed by atoms with van der Waals surface area (Å²) in [5, 5.41) is 6.59. The zero-order valence-electron chi connectivity index (χ0n) is 16.8. The number of hydrogen-bond donors (Lipinski definition) is 1. The molecule has 1 atom stereocenters. The van der Waals surface area contributed by atoms with Crippen LogP contribution in [0, 0.1) is 6.92 Å². The number of hydrogen-bond acceptors (Lipinski definition) is 5. The molecule has 0 saturated heterocycles. The number of carbonyl (C=O) groups is 1. The van der Waals surface area contributed by atoms with E-state index in [-0.39, 0.29) is 24.5 Å². The van der Waals surface area contributed by atoms with Gasteiger partial charge in [0.1, 0.15) is 12.7 Å². The predicted molar refractivity (Wildman–Crippen MR) is 108 cm³/mol. The van der Waals surface area contributed by atoms with Crippen molar-refractivity contribution in [3.63, 3.8) is 0 Å². The lowest BCUT2D eigenvalue weighted by Gasteiger charge is -2.26. The molecule has 0 spiro atoms. The Balaban J connectivity index is 1.53. The van der Waals surface area contributed by atoms with Crippen molar-refractivity contribution in [3.05, 3.63) is 81.8 Å². The van der Waals surface area contributed by atoms with E-state index in [0.717, 1.165) is 22.9 Å². The van der Waals surface area contributed by atoms with Crippen molar-refractivity contribution >= 4 is 5.91 Å². The molecular formula is C22H18F3N3O4. The summed E-state index contributed by atoms with van der Waals surface area (Å²) < 4.78 is 51.6. The fourth-order valence-corrected chi connectivity index (χ4v) is 3.23. The largest absolute Gasteiger partial charge is 0.486 e. The molecule has 1 N–H and O–H groups in total. The second-order valence-electron chi connectivity index (χ2n) is 7.17. The maximum absolute atomic E-state index is 13.1. The number of fused-ring (bicyclic) bond motifs is 1. The summed E-state index contributed by atoms with van der Waals surface area (Å²) in [7, 11) is 0. The molecule has 0 unspecified atom stereocenters. The second-order valence-corrected chi connectivity index (χ2v) is 7.17. The van der Waals surface area contributed by atoms with E-state index in [1.165, 1.54) is 19.1 Å². The van der Waals surface area contributed by atoms with E-state index in [9.17, 15) is 22.8 Å². The zero-order valence-corrected chi connectivity index (χ0v) is 16.8. The lowest BCUT2D eigenvalue weighted by atomic mass is 10.2. The number of aryl methyl sites for hydroxylation is 1. The van der Waals surface area contributed by atoms with Gasteiger partial charge in [0.05, 0.1) is 17.8 Å². The number of carbonyl (C=O) groups excluding carboxylic acids is 1. The third-order valence-corrected chi connectivity index (χ3v) is 4.80. The topological polar surface area (TPSA) is 82.5 Å². The number of nitrogens with zero attached hydrogens (tertiary/aromatic N) is 2. The monoisotopic (exact) mass is 445 g/mol. The predicted octanol–water partition coefficient (Wildman–Crippen LogP) is 3.13. The van der Waals surface area contributed by atoms with E-state index in [2.05, 4.69) is 10.4 Å². The van der Waals surface area contributed by atoms with Gasteiger partial charge in [-0.2, -0.15) is 18.3 Å². The van der Waals surface area contributed by atoms with Crippen molar-refractivity contribution in [2.75, 3.05) is 13.2 Å². The summed E-state index contributed by atoms with van der Waals surface area (Å²) in [5.41, 5.74) is -1.59. The summed E-state index contributed by atoms with van der Waals surface area (Å²) >= 11 is 0. The van der Waals surface area contributed by atoms with Gasteiger partial charge in [-0.15, -0.1) is 0 Å². The maximum atomic E-state index is 13.1. The van der Waals surface area contributed by atoms with Crippen LogP contribution in [-0.2, 0) is 6.18 Å². The average Bonchev–Trinajstić information content (AvgIpc) is 2.77. The van der Waals surface area contributed by atoms with Crippen LogP contribution < -0.4 is 20.2 Å². The molecule has 0 radical (unpaired) electrons. The van der Waals surface area contributed by atoms with Crippen molar-refractivity contribution in [3.8, 4) is 17.2 Å². The third-order valence-electron chi connectivity index (χ3n) is 4.80. The van der Waals surface area contributed by atoms with Crippen LogP contribution in [0.4, 0.5) is 13.2 Å². The fraction of sp³-hybridized carbons (Fsp3) is 0.227. The van der Waals surface area contributed by atoms with Crippen LogP contribution in [0.5, 0.6) is 11.5 Å². The molecule has 3 aromatic rings. The molecule has 4 rings (SSSR count). The molecule has 2 heterocycles. The minimum atomic E-state index is -4.54. The molecule has 166 valence electrons. The molecule has 1 aliphatic heterocycles. The van der Waals surface area contributed by atoms with Crippen LogP contribution in [0.3, 0.4) is 0 Å². The van der Waals surface area contributed by atoms with Crippen LogP contribution in [0.1, 0.15) is 21.7 Å². The Morgan fingerprint density at radius 1 is 1.16 bits per heavy atom. The van der Waals surface area contributed by atoms with E-state index >= 15 is 0 Å². The first-order valence-electron chi connectivity index (χ1n) is 9.67. The third kappa shape index (κ3) is 4.43. The Morgan fingerprint density at radius 3 is 2.66 bits per heavy atom. The SMILES string of the molecule is Cc1cc(=O)c(C(=O)NC[C@H]2COc3ccccc3O2)nn1-c1cccc(C(F)(F)F)c1. The molecule has 10 heteroatoms. The highest BCUT2D eigenvalue weighted by Crippen LogP contribution is 2.31. The number of para-hydroxylation sites is 2. The molecule has 1 aliphatic rings. The van der Waals surface area contributed by atoms with Crippen molar-refractivity contribution < 1.29 is 27.4 Å². The van der Waals surface area contributed by atoms with Gasteiger partial charge in [0, 0.05) is 11.8 Å². The first-order valence-corrected chi connectivity index (χ1v) is 9.67. The van der Waals surface area contributed by atoms with Gasteiger partial charge < -0.3 is 14.8 Å². The molecule has 1 aromatic heterocycles. The number of aromatic nitrogens is 2. The maximum Gasteiger partial charge on any atom is 0.416 e. The first-order chi connectivity index (χ1) is 15.2. The van der Waals surface area contributed by atoms with Crippen LogP contribution in [-0.4, -0.2) is 34.9 Å². The molecule has 0 bridgehead atoms. The molecule has 7 nitrogen and oxygen atoms in total. The molecule has 0 aliphatic carbocycles. The highest BCUT2D eigenvalue weighted by atomic mass is 19.4. The standard InChI is InChI=1S/C22H18F3N3O4/c1-13-9-17(29)20(27-28(13)15-6-4-5-14(10-15)22(23,24)25)21(30)26-11-16-12-31-18-7-2-3-8-19(18)32-16/h2-10,16H,11-12H2,1H3,(H,26,30)/t16-/m0/s1. The van der Waals surface area contributed by atoms with Crippen LogP contribution in [0.15, 0.2) is 59.4 Å². The van der Waals surface area contributed by atoms with Gasteiger partial charge in [-0.3, -0.25) is 9.59 Å². The Kier molecular flexibility index (Phi) is 5.60. The smallest absolute Gasteiger partial charge is 0.416 e. The lowest BCUT2D eigenvalue weighted by molar-refractivity contribution is -0.137.